The summed E-state index contributed by atoms with van der Waals surface area (Å²) in [5.41, 5.74) is 4.18. The smallest absolute Gasteiger partial charge is 0.211 e. The van der Waals surface area contributed by atoms with Gasteiger partial charge in [-0.3, -0.25) is 4.68 Å². The summed E-state index contributed by atoms with van der Waals surface area (Å²) in [6.45, 7) is 0.601. The van der Waals surface area contributed by atoms with Crippen LogP contribution < -0.4 is 0 Å². The topological polar surface area (TPSA) is 73.8 Å². The molecule has 8 heteroatoms. The molecule has 5 rings (SSSR count). The second-order valence-corrected chi connectivity index (χ2v) is 6.22. The molecule has 0 aliphatic carbocycles. The molecule has 0 N–H and O–H groups in total. The molecule has 0 radical (unpaired) electrons. The molecule has 3 heterocycles. The molecule has 0 unspecified atom stereocenters. The van der Waals surface area contributed by atoms with Gasteiger partial charge in [0.15, 0.2) is 5.15 Å². The number of fused-ring (bicyclic) bond motifs is 3. The van der Waals surface area contributed by atoms with Crippen LogP contribution in [0.15, 0.2) is 60.7 Å². The third kappa shape index (κ3) is 2.33. The normalized spacial score (nSPS) is 11.4. The first-order valence-corrected chi connectivity index (χ1v) is 8.43. The summed E-state index contributed by atoms with van der Waals surface area (Å²) in [5.74, 6) is 0. The van der Waals surface area contributed by atoms with Crippen molar-refractivity contribution in [3.05, 3.63) is 71.4 Å². The Kier molecular flexibility index (Phi) is 3.39. The van der Waals surface area contributed by atoms with Crippen LogP contribution in [0.5, 0.6) is 0 Å². The molecule has 0 aliphatic rings. The third-order valence-corrected chi connectivity index (χ3v) is 4.48. The number of nitrogens with zero attached hydrogens (tertiary/aromatic N) is 7. The standard InChI is InChI=1S/C18H12ClN7/c19-17-15-14(18-20-23-24-26(18)22-17)16(13-9-5-2-6-10-13)25(21-15)11-12-7-3-1-4-8-12/h1-10H,11H2. The molecule has 126 valence electrons. The molecule has 2 aromatic carbocycles. The fourth-order valence-corrected chi connectivity index (χ4v) is 3.31. The van der Waals surface area contributed by atoms with Crippen LogP contribution in [0.25, 0.3) is 27.8 Å². The third-order valence-electron chi connectivity index (χ3n) is 4.23. The number of aromatic nitrogens is 7. The van der Waals surface area contributed by atoms with Gasteiger partial charge in [-0.15, -0.1) is 14.8 Å². The number of rotatable bonds is 3. The van der Waals surface area contributed by atoms with E-state index in [2.05, 4.69) is 32.8 Å². The van der Waals surface area contributed by atoms with Gasteiger partial charge in [-0.1, -0.05) is 72.3 Å². The minimum Gasteiger partial charge on any atom is -0.259 e. The lowest BCUT2D eigenvalue weighted by molar-refractivity contribution is 0.702. The molecule has 0 amide bonds. The van der Waals surface area contributed by atoms with E-state index in [4.69, 9.17) is 16.7 Å². The molecule has 0 saturated heterocycles. The van der Waals surface area contributed by atoms with Crippen LogP contribution in [-0.2, 0) is 6.54 Å². The summed E-state index contributed by atoms with van der Waals surface area (Å²) in [5, 5.41) is 21.7. The Hall–Kier alpha value is -3.32. The van der Waals surface area contributed by atoms with Gasteiger partial charge in [0.25, 0.3) is 0 Å². The Labute approximate surface area is 152 Å². The maximum atomic E-state index is 6.37. The molecular formula is C18H12ClN7. The van der Waals surface area contributed by atoms with E-state index in [0.29, 0.717) is 17.7 Å². The van der Waals surface area contributed by atoms with Gasteiger partial charge in [0, 0.05) is 5.56 Å². The highest BCUT2D eigenvalue weighted by atomic mass is 35.5. The second kappa shape index (κ2) is 5.89. The van der Waals surface area contributed by atoms with E-state index in [1.807, 2.05) is 53.2 Å². The molecule has 7 nitrogen and oxygen atoms in total. The van der Waals surface area contributed by atoms with Crippen molar-refractivity contribution in [2.75, 3.05) is 0 Å². The summed E-state index contributed by atoms with van der Waals surface area (Å²) in [4.78, 5) is 0. The number of hydrogen-bond acceptors (Lipinski definition) is 5. The van der Waals surface area contributed by atoms with E-state index >= 15 is 0 Å². The van der Waals surface area contributed by atoms with Crippen molar-refractivity contribution < 1.29 is 0 Å². The van der Waals surface area contributed by atoms with Gasteiger partial charge in [0.1, 0.15) is 5.52 Å². The second-order valence-electron chi connectivity index (χ2n) is 5.86. The lowest BCUT2D eigenvalue weighted by atomic mass is 10.1. The van der Waals surface area contributed by atoms with Crippen LogP contribution in [0, 0.1) is 0 Å². The molecule has 0 saturated carbocycles. The van der Waals surface area contributed by atoms with E-state index in [0.717, 1.165) is 22.2 Å². The van der Waals surface area contributed by atoms with Crippen LogP contribution in [0.2, 0.25) is 5.15 Å². The molecular weight excluding hydrogens is 350 g/mol. The van der Waals surface area contributed by atoms with Gasteiger partial charge in [-0.25, -0.2) is 0 Å². The fraction of sp³-hybridized carbons (Fsp3) is 0.0556. The van der Waals surface area contributed by atoms with Crippen molar-refractivity contribution in [2.24, 2.45) is 0 Å². The first kappa shape index (κ1) is 15.0. The van der Waals surface area contributed by atoms with Crippen LogP contribution in [0.4, 0.5) is 0 Å². The zero-order valence-corrected chi connectivity index (χ0v) is 14.2. The van der Waals surface area contributed by atoms with Gasteiger partial charge >= 0.3 is 0 Å². The molecule has 26 heavy (non-hydrogen) atoms. The summed E-state index contributed by atoms with van der Waals surface area (Å²) in [6, 6.07) is 20.2. The molecule has 0 spiro atoms. The van der Waals surface area contributed by atoms with Crippen molar-refractivity contribution in [3.8, 4) is 11.3 Å². The lowest BCUT2D eigenvalue weighted by Crippen LogP contribution is -2.03. The minimum absolute atomic E-state index is 0.267. The fourth-order valence-electron chi connectivity index (χ4n) is 3.11. The Morgan fingerprint density at radius 2 is 1.62 bits per heavy atom. The number of benzene rings is 2. The van der Waals surface area contributed by atoms with Gasteiger partial charge in [-0.2, -0.15) is 5.10 Å². The van der Waals surface area contributed by atoms with Gasteiger partial charge in [0.2, 0.25) is 5.65 Å². The molecule has 0 aliphatic heterocycles. The van der Waals surface area contributed by atoms with E-state index in [1.54, 1.807) is 0 Å². The van der Waals surface area contributed by atoms with Crippen LogP contribution in [0.3, 0.4) is 0 Å². The van der Waals surface area contributed by atoms with E-state index in [9.17, 15) is 0 Å². The lowest BCUT2D eigenvalue weighted by Gasteiger charge is -2.08. The number of hydrogen-bond donors (Lipinski definition) is 0. The Morgan fingerprint density at radius 1 is 0.885 bits per heavy atom. The highest BCUT2D eigenvalue weighted by Crippen LogP contribution is 2.33. The van der Waals surface area contributed by atoms with Crippen LogP contribution in [-0.4, -0.2) is 35.0 Å². The highest BCUT2D eigenvalue weighted by Gasteiger charge is 2.21. The predicted octanol–water partition coefficient (Wildman–Crippen LogP) is 3.24. The van der Waals surface area contributed by atoms with E-state index in [-0.39, 0.29) is 5.15 Å². The zero-order valence-electron chi connectivity index (χ0n) is 13.5. The van der Waals surface area contributed by atoms with Crippen LogP contribution >= 0.6 is 11.6 Å². The Bertz CT molecular complexity index is 1210. The van der Waals surface area contributed by atoms with Crippen LogP contribution in [0.1, 0.15) is 5.56 Å². The SMILES string of the molecule is Clc1nn2nnnc2c2c(-c3ccccc3)n(Cc3ccccc3)nc12. The summed E-state index contributed by atoms with van der Waals surface area (Å²) < 4.78 is 3.27. The van der Waals surface area contributed by atoms with Gasteiger partial charge < -0.3 is 0 Å². The summed E-state index contributed by atoms with van der Waals surface area (Å²) in [7, 11) is 0. The zero-order chi connectivity index (χ0) is 17.5. The van der Waals surface area contributed by atoms with E-state index < -0.39 is 0 Å². The number of tetrazole rings is 1. The predicted molar refractivity (Wildman–Crippen MR) is 97.9 cm³/mol. The first-order valence-electron chi connectivity index (χ1n) is 8.05. The molecule has 0 bridgehead atoms. The monoisotopic (exact) mass is 361 g/mol. The van der Waals surface area contributed by atoms with Gasteiger partial charge in [0.05, 0.1) is 17.6 Å². The van der Waals surface area contributed by atoms with Crippen molar-refractivity contribution in [1.29, 1.82) is 0 Å². The van der Waals surface area contributed by atoms with Gasteiger partial charge in [-0.05, 0) is 16.0 Å². The maximum Gasteiger partial charge on any atom is 0.211 e. The van der Waals surface area contributed by atoms with Crippen molar-refractivity contribution >= 4 is 28.2 Å². The molecule has 0 fully saturated rings. The average Bonchev–Trinajstić information content (AvgIpc) is 3.28. The maximum absolute atomic E-state index is 6.37. The first-order chi connectivity index (χ1) is 12.8. The number of halogens is 1. The summed E-state index contributed by atoms with van der Waals surface area (Å²) in [6.07, 6.45) is 0. The van der Waals surface area contributed by atoms with Crippen molar-refractivity contribution in [1.82, 2.24) is 35.0 Å². The average molecular weight is 362 g/mol. The Morgan fingerprint density at radius 3 is 2.38 bits per heavy atom. The minimum atomic E-state index is 0.267. The molecule has 3 aromatic heterocycles. The largest absolute Gasteiger partial charge is 0.259 e. The Balaban J connectivity index is 1.85. The quantitative estimate of drug-likeness (QED) is 0.493. The molecule has 5 aromatic rings. The van der Waals surface area contributed by atoms with Crippen molar-refractivity contribution in [3.63, 3.8) is 0 Å². The van der Waals surface area contributed by atoms with Crippen molar-refractivity contribution in [2.45, 2.75) is 6.54 Å². The van der Waals surface area contributed by atoms with E-state index in [1.165, 1.54) is 4.63 Å². The summed E-state index contributed by atoms with van der Waals surface area (Å²) >= 11 is 6.37. The molecule has 0 atom stereocenters. The highest BCUT2D eigenvalue weighted by molar-refractivity contribution is 6.34.